The van der Waals surface area contributed by atoms with Gasteiger partial charge in [-0.2, -0.15) is 8.42 Å². The van der Waals surface area contributed by atoms with Crippen molar-refractivity contribution < 1.29 is 22.9 Å². The van der Waals surface area contributed by atoms with E-state index < -0.39 is 28.0 Å². The van der Waals surface area contributed by atoms with Crippen LogP contribution in [0.1, 0.15) is 123 Å². The number of nitrogens with one attached hydrogen (secondary N) is 1. The van der Waals surface area contributed by atoms with Crippen molar-refractivity contribution in [2.75, 3.05) is 5.75 Å². The third-order valence-corrected chi connectivity index (χ3v) is 7.76. The first-order chi connectivity index (χ1) is 22.3. The van der Waals surface area contributed by atoms with Crippen molar-refractivity contribution in [2.24, 2.45) is 0 Å². The molecule has 0 aromatic heterocycles. The monoisotopic (exact) mass is 657 g/mol. The SMILES string of the molecule is CC/C=C\C/C=C\C/C=C\C/C=C\C/C=C\CCCCCCCC(=O)NC(CS(=O)(=O)O)C(O)/C=C/CC/C=C/CC/C=C/CC. The zero-order chi connectivity index (χ0) is 34.0. The second kappa shape index (κ2) is 32.2. The Labute approximate surface area is 281 Å². The molecule has 0 saturated carbocycles. The summed E-state index contributed by atoms with van der Waals surface area (Å²) in [6.07, 6.45) is 48.3. The van der Waals surface area contributed by atoms with Gasteiger partial charge >= 0.3 is 0 Å². The molecule has 0 saturated heterocycles. The first kappa shape index (κ1) is 43.3. The quantitative estimate of drug-likeness (QED) is 0.0422. The van der Waals surface area contributed by atoms with Gasteiger partial charge in [0.15, 0.2) is 0 Å². The van der Waals surface area contributed by atoms with Crippen LogP contribution in [0.2, 0.25) is 0 Å². The van der Waals surface area contributed by atoms with E-state index in [1.54, 1.807) is 6.08 Å². The first-order valence-corrected chi connectivity index (χ1v) is 19.0. The minimum Gasteiger partial charge on any atom is -0.387 e. The van der Waals surface area contributed by atoms with Gasteiger partial charge in [0, 0.05) is 6.42 Å². The third-order valence-electron chi connectivity index (χ3n) is 6.98. The Morgan fingerprint density at radius 1 is 0.587 bits per heavy atom. The van der Waals surface area contributed by atoms with E-state index in [-0.39, 0.29) is 12.3 Å². The average molecular weight is 658 g/mol. The standard InChI is InChI=1S/C39H63NO5S/c1-3-5-7-9-11-13-15-16-17-18-19-20-21-22-23-24-25-27-29-31-33-35-39(42)40-37(36-46(43,44)45)38(41)34-32-30-28-26-14-12-10-8-6-4-2/h5-8,11,13-14,16-17,19-20,22-23,26,32,34,37-38,41H,3-4,9-10,12,15,18,21,24-25,27-31,33,35-36H2,1-2H3,(H,40,42)(H,43,44,45)/b7-5-,8-6+,13-11-,17-16-,20-19-,23-22-,26-14+,34-32+. The van der Waals surface area contributed by atoms with Crippen LogP contribution in [0.5, 0.6) is 0 Å². The van der Waals surface area contributed by atoms with Crippen molar-refractivity contribution in [1.82, 2.24) is 5.32 Å². The van der Waals surface area contributed by atoms with Crippen molar-refractivity contribution in [3.8, 4) is 0 Å². The van der Waals surface area contributed by atoms with Gasteiger partial charge in [-0.3, -0.25) is 9.35 Å². The number of aliphatic hydroxyl groups is 1. The van der Waals surface area contributed by atoms with Crippen molar-refractivity contribution >= 4 is 16.0 Å². The van der Waals surface area contributed by atoms with Gasteiger partial charge in [0.1, 0.15) is 0 Å². The average Bonchev–Trinajstić information content (AvgIpc) is 3.01. The summed E-state index contributed by atoms with van der Waals surface area (Å²) < 4.78 is 32.2. The summed E-state index contributed by atoms with van der Waals surface area (Å²) in [7, 11) is -4.36. The first-order valence-electron chi connectivity index (χ1n) is 17.4. The molecule has 0 aliphatic heterocycles. The molecule has 46 heavy (non-hydrogen) atoms. The van der Waals surface area contributed by atoms with Gasteiger partial charge in [0.05, 0.1) is 17.9 Å². The van der Waals surface area contributed by atoms with E-state index in [9.17, 15) is 22.9 Å². The Hall–Kier alpha value is -2.74. The van der Waals surface area contributed by atoms with Gasteiger partial charge in [0.25, 0.3) is 10.1 Å². The smallest absolute Gasteiger partial charge is 0.267 e. The number of hydrogen-bond acceptors (Lipinski definition) is 4. The fourth-order valence-corrected chi connectivity index (χ4v) is 5.19. The maximum atomic E-state index is 12.4. The van der Waals surface area contributed by atoms with E-state index in [1.807, 2.05) is 0 Å². The van der Waals surface area contributed by atoms with Crippen molar-refractivity contribution in [2.45, 2.75) is 135 Å². The zero-order valence-electron chi connectivity index (χ0n) is 28.6. The van der Waals surface area contributed by atoms with E-state index in [1.165, 1.54) is 6.08 Å². The summed E-state index contributed by atoms with van der Waals surface area (Å²) in [5, 5.41) is 13.1. The number of rotatable bonds is 29. The maximum absolute atomic E-state index is 12.4. The van der Waals surface area contributed by atoms with Gasteiger partial charge < -0.3 is 10.4 Å². The second-order valence-corrected chi connectivity index (χ2v) is 12.9. The van der Waals surface area contributed by atoms with Crippen LogP contribution in [-0.4, -0.2) is 41.9 Å². The summed E-state index contributed by atoms with van der Waals surface area (Å²) >= 11 is 0. The van der Waals surface area contributed by atoms with Crippen LogP contribution in [0.3, 0.4) is 0 Å². The molecule has 0 aliphatic rings. The summed E-state index contributed by atoms with van der Waals surface area (Å²) in [4.78, 5) is 12.4. The molecule has 3 N–H and O–H groups in total. The largest absolute Gasteiger partial charge is 0.387 e. The Bertz CT molecular complexity index is 1080. The zero-order valence-corrected chi connectivity index (χ0v) is 29.5. The lowest BCUT2D eigenvalue weighted by Crippen LogP contribution is -2.46. The van der Waals surface area contributed by atoms with Crippen LogP contribution in [0.4, 0.5) is 0 Å². The molecule has 0 spiro atoms. The van der Waals surface area contributed by atoms with Gasteiger partial charge in [-0.1, -0.05) is 130 Å². The summed E-state index contributed by atoms with van der Waals surface area (Å²) in [5.74, 6) is -1.05. The predicted octanol–water partition coefficient (Wildman–Crippen LogP) is 9.84. The molecule has 260 valence electrons. The summed E-state index contributed by atoms with van der Waals surface area (Å²) in [6.45, 7) is 4.25. The minimum atomic E-state index is -4.36. The van der Waals surface area contributed by atoms with Crippen LogP contribution in [-0.2, 0) is 14.9 Å². The van der Waals surface area contributed by atoms with E-state index in [0.717, 1.165) is 89.9 Å². The molecule has 0 aromatic carbocycles. The molecule has 0 aromatic rings. The lowest BCUT2D eigenvalue weighted by molar-refractivity contribution is -0.122. The van der Waals surface area contributed by atoms with Gasteiger partial charge in [-0.25, -0.2) is 0 Å². The van der Waals surface area contributed by atoms with Gasteiger partial charge in [-0.15, -0.1) is 0 Å². The second-order valence-electron chi connectivity index (χ2n) is 11.4. The van der Waals surface area contributed by atoms with E-state index in [2.05, 4.69) is 104 Å². The number of amides is 1. The Balaban J connectivity index is 4.08. The van der Waals surface area contributed by atoms with Crippen LogP contribution in [0.15, 0.2) is 97.2 Å². The fourth-order valence-electron chi connectivity index (χ4n) is 4.45. The van der Waals surface area contributed by atoms with Crippen LogP contribution >= 0.6 is 0 Å². The molecule has 6 nitrogen and oxygen atoms in total. The minimum absolute atomic E-state index is 0.255. The third kappa shape index (κ3) is 32.6. The maximum Gasteiger partial charge on any atom is 0.267 e. The lowest BCUT2D eigenvalue weighted by Gasteiger charge is -2.21. The van der Waals surface area contributed by atoms with E-state index in [4.69, 9.17) is 0 Å². The van der Waals surface area contributed by atoms with Crippen LogP contribution < -0.4 is 5.32 Å². The topological polar surface area (TPSA) is 104 Å². The molecule has 0 aliphatic carbocycles. The molecule has 7 heteroatoms. The van der Waals surface area contributed by atoms with E-state index in [0.29, 0.717) is 12.8 Å². The number of carbonyl (C=O) groups is 1. The molecule has 0 fully saturated rings. The molecule has 0 radical (unpaired) electrons. The van der Waals surface area contributed by atoms with Crippen LogP contribution in [0, 0.1) is 0 Å². The van der Waals surface area contributed by atoms with Crippen LogP contribution in [0.25, 0.3) is 0 Å². The summed E-state index contributed by atoms with van der Waals surface area (Å²) in [6, 6.07) is -1.09. The highest BCUT2D eigenvalue weighted by Crippen LogP contribution is 2.09. The Kier molecular flexibility index (Phi) is 30.3. The number of unbranched alkanes of at least 4 members (excludes halogenated alkanes) is 7. The lowest BCUT2D eigenvalue weighted by atomic mass is 10.1. The number of aliphatic hydroxyl groups excluding tert-OH is 1. The van der Waals surface area contributed by atoms with Crippen molar-refractivity contribution in [3.05, 3.63) is 97.2 Å². The number of allylic oxidation sites excluding steroid dienone is 15. The molecule has 0 heterocycles. The highest BCUT2D eigenvalue weighted by Gasteiger charge is 2.24. The highest BCUT2D eigenvalue weighted by atomic mass is 32.2. The highest BCUT2D eigenvalue weighted by molar-refractivity contribution is 7.85. The number of hydrogen-bond donors (Lipinski definition) is 3. The number of carbonyl (C=O) groups excluding carboxylic acids is 1. The molecule has 0 rings (SSSR count). The molecular formula is C39H63NO5S. The van der Waals surface area contributed by atoms with Crippen molar-refractivity contribution in [3.63, 3.8) is 0 Å². The van der Waals surface area contributed by atoms with Gasteiger partial charge in [0.2, 0.25) is 5.91 Å². The summed E-state index contributed by atoms with van der Waals surface area (Å²) in [5.41, 5.74) is 0. The normalized spacial score (nSPS) is 14.6. The van der Waals surface area contributed by atoms with Crippen molar-refractivity contribution in [1.29, 1.82) is 0 Å². The van der Waals surface area contributed by atoms with Gasteiger partial charge in [-0.05, 0) is 83.5 Å². The molecule has 2 atom stereocenters. The Morgan fingerprint density at radius 3 is 1.54 bits per heavy atom. The molecule has 2 unspecified atom stereocenters. The molecular weight excluding hydrogens is 594 g/mol. The molecule has 1 amide bonds. The fraction of sp³-hybridized carbons (Fsp3) is 0.564. The molecule has 0 bridgehead atoms. The van der Waals surface area contributed by atoms with E-state index >= 15 is 0 Å². The predicted molar refractivity (Wildman–Crippen MR) is 197 cm³/mol. The Morgan fingerprint density at radius 2 is 1.00 bits per heavy atom.